The summed E-state index contributed by atoms with van der Waals surface area (Å²) in [6.45, 7) is 1.77. The highest BCUT2D eigenvalue weighted by atomic mass is 79.9. The van der Waals surface area contributed by atoms with Gasteiger partial charge in [-0.25, -0.2) is 4.98 Å². The van der Waals surface area contributed by atoms with Crippen LogP contribution < -0.4 is 10.1 Å². The number of terminal acetylenes is 1. The van der Waals surface area contributed by atoms with Gasteiger partial charge in [0.2, 0.25) is 11.8 Å². The molecule has 0 saturated carbocycles. The Kier molecular flexibility index (Phi) is 3.72. The second-order valence-corrected chi connectivity index (χ2v) is 3.38. The van der Waals surface area contributed by atoms with Crippen LogP contribution in [-0.4, -0.2) is 23.1 Å². The Labute approximate surface area is 91.2 Å². The highest BCUT2D eigenvalue weighted by Crippen LogP contribution is 2.23. The molecule has 0 fully saturated rings. The Bertz CT molecular complexity index is 362. The summed E-state index contributed by atoms with van der Waals surface area (Å²) in [6.07, 6.45) is 6.49. The Hall–Kier alpha value is -1.28. The lowest BCUT2D eigenvalue weighted by molar-refractivity contribution is 0.266. The molecular formula is C9H10BrN3O. The van der Waals surface area contributed by atoms with Crippen LogP contribution in [0.3, 0.4) is 0 Å². The van der Waals surface area contributed by atoms with E-state index in [4.69, 9.17) is 11.2 Å². The Morgan fingerprint density at radius 1 is 1.71 bits per heavy atom. The third-order valence-electron chi connectivity index (χ3n) is 1.46. The van der Waals surface area contributed by atoms with Crippen LogP contribution in [0, 0.1) is 12.3 Å². The first-order valence-electron chi connectivity index (χ1n) is 4.00. The molecule has 0 bridgehead atoms. The molecule has 74 valence electrons. The number of hydrogen-bond acceptors (Lipinski definition) is 4. The summed E-state index contributed by atoms with van der Waals surface area (Å²) in [6, 6.07) is 0. The highest BCUT2D eigenvalue weighted by molar-refractivity contribution is 9.10. The number of nitrogens with one attached hydrogen (secondary N) is 1. The molecule has 1 heterocycles. The lowest BCUT2D eigenvalue weighted by Gasteiger charge is -2.09. The van der Waals surface area contributed by atoms with Crippen molar-refractivity contribution in [2.45, 2.75) is 13.0 Å². The van der Waals surface area contributed by atoms with Crippen LogP contribution in [0.4, 0.5) is 5.95 Å². The average Bonchev–Trinajstić information content (AvgIpc) is 2.21. The summed E-state index contributed by atoms with van der Waals surface area (Å²) in [7, 11) is 1.73. The first-order chi connectivity index (χ1) is 6.67. The second kappa shape index (κ2) is 4.82. The zero-order chi connectivity index (χ0) is 10.6. The Balaban J connectivity index is 2.90. The largest absolute Gasteiger partial charge is 0.461 e. The van der Waals surface area contributed by atoms with Gasteiger partial charge in [-0.1, -0.05) is 5.92 Å². The van der Waals surface area contributed by atoms with E-state index in [0.29, 0.717) is 16.3 Å². The van der Waals surface area contributed by atoms with Crippen LogP contribution in [-0.2, 0) is 0 Å². The second-order valence-electron chi connectivity index (χ2n) is 2.52. The predicted molar refractivity (Wildman–Crippen MR) is 58.2 cm³/mol. The minimum Gasteiger partial charge on any atom is -0.461 e. The summed E-state index contributed by atoms with van der Waals surface area (Å²) in [5.74, 6) is 3.39. The summed E-state index contributed by atoms with van der Waals surface area (Å²) in [5, 5.41) is 2.81. The molecule has 1 aromatic rings. The maximum Gasteiger partial charge on any atom is 0.234 e. The van der Waals surface area contributed by atoms with Gasteiger partial charge in [0.05, 0.1) is 10.7 Å². The van der Waals surface area contributed by atoms with Gasteiger partial charge < -0.3 is 10.1 Å². The van der Waals surface area contributed by atoms with E-state index in [9.17, 15) is 0 Å². The molecule has 0 aliphatic rings. The molecule has 0 radical (unpaired) electrons. The fourth-order valence-electron chi connectivity index (χ4n) is 0.756. The SMILES string of the molecule is C#CC(C)Oc1nc(NC)ncc1Br. The molecule has 0 aliphatic carbocycles. The Morgan fingerprint density at radius 2 is 2.43 bits per heavy atom. The Morgan fingerprint density at radius 3 is 3.00 bits per heavy atom. The molecule has 1 unspecified atom stereocenters. The molecule has 0 saturated heterocycles. The van der Waals surface area contributed by atoms with Gasteiger partial charge in [0.1, 0.15) is 0 Å². The van der Waals surface area contributed by atoms with Gasteiger partial charge in [0, 0.05) is 7.05 Å². The topological polar surface area (TPSA) is 47.0 Å². The third-order valence-corrected chi connectivity index (χ3v) is 2.00. The van der Waals surface area contributed by atoms with E-state index in [0.717, 1.165) is 0 Å². The van der Waals surface area contributed by atoms with Crippen molar-refractivity contribution in [2.24, 2.45) is 0 Å². The monoisotopic (exact) mass is 255 g/mol. The van der Waals surface area contributed by atoms with Crippen LogP contribution in [0.1, 0.15) is 6.92 Å². The number of nitrogens with zero attached hydrogens (tertiary/aromatic N) is 2. The van der Waals surface area contributed by atoms with Crippen molar-refractivity contribution < 1.29 is 4.74 Å². The first kappa shape index (κ1) is 10.8. The molecule has 0 aliphatic heterocycles. The van der Waals surface area contributed by atoms with E-state index >= 15 is 0 Å². The van der Waals surface area contributed by atoms with Gasteiger partial charge in [0.25, 0.3) is 0 Å². The van der Waals surface area contributed by atoms with Crippen molar-refractivity contribution in [3.63, 3.8) is 0 Å². The number of ether oxygens (including phenoxy) is 1. The predicted octanol–water partition coefficient (Wildman–Crippen LogP) is 1.68. The first-order valence-corrected chi connectivity index (χ1v) is 4.79. The standard InChI is InChI=1S/C9H10BrN3O/c1-4-6(2)14-8-7(10)5-12-9(11-3)13-8/h1,5-6H,2-3H3,(H,11,12,13). The molecule has 1 N–H and O–H groups in total. The maximum absolute atomic E-state index is 5.36. The molecule has 0 amide bonds. The molecule has 14 heavy (non-hydrogen) atoms. The van der Waals surface area contributed by atoms with Gasteiger partial charge >= 0.3 is 0 Å². The molecule has 4 nitrogen and oxygen atoms in total. The van der Waals surface area contributed by atoms with Crippen molar-refractivity contribution in [3.05, 3.63) is 10.7 Å². The van der Waals surface area contributed by atoms with E-state index in [1.807, 2.05) is 0 Å². The van der Waals surface area contributed by atoms with Gasteiger partial charge in [-0.05, 0) is 22.9 Å². The smallest absolute Gasteiger partial charge is 0.234 e. The minimum absolute atomic E-state index is 0.314. The van der Waals surface area contributed by atoms with Gasteiger partial charge in [-0.2, -0.15) is 4.98 Å². The zero-order valence-corrected chi connectivity index (χ0v) is 9.50. The lowest BCUT2D eigenvalue weighted by atomic mass is 10.4. The summed E-state index contributed by atoms with van der Waals surface area (Å²) in [5.41, 5.74) is 0. The third kappa shape index (κ3) is 2.60. The minimum atomic E-state index is -0.314. The van der Waals surface area contributed by atoms with Gasteiger partial charge in [-0.3, -0.25) is 0 Å². The summed E-state index contributed by atoms with van der Waals surface area (Å²) < 4.78 is 6.04. The van der Waals surface area contributed by atoms with Crippen LogP contribution in [0.2, 0.25) is 0 Å². The normalized spacial score (nSPS) is 11.6. The average molecular weight is 256 g/mol. The maximum atomic E-state index is 5.36. The zero-order valence-electron chi connectivity index (χ0n) is 7.91. The van der Waals surface area contributed by atoms with Crippen molar-refractivity contribution in [1.29, 1.82) is 0 Å². The molecule has 1 rings (SSSR count). The van der Waals surface area contributed by atoms with Gasteiger partial charge in [-0.15, -0.1) is 6.42 Å². The fraction of sp³-hybridized carbons (Fsp3) is 0.333. The van der Waals surface area contributed by atoms with E-state index in [1.54, 1.807) is 20.2 Å². The van der Waals surface area contributed by atoms with Crippen molar-refractivity contribution in [2.75, 3.05) is 12.4 Å². The molecule has 0 aromatic carbocycles. The van der Waals surface area contributed by atoms with Crippen LogP contribution in [0.25, 0.3) is 0 Å². The molecule has 5 heteroatoms. The lowest BCUT2D eigenvalue weighted by Crippen LogP contribution is -2.10. The number of aromatic nitrogens is 2. The van der Waals surface area contributed by atoms with Crippen molar-refractivity contribution >= 4 is 21.9 Å². The molecule has 1 atom stereocenters. The summed E-state index contributed by atoms with van der Waals surface area (Å²) >= 11 is 3.27. The summed E-state index contributed by atoms with van der Waals surface area (Å²) in [4.78, 5) is 8.08. The number of halogens is 1. The van der Waals surface area contributed by atoms with Crippen LogP contribution in [0.5, 0.6) is 5.88 Å². The number of anilines is 1. The van der Waals surface area contributed by atoms with Crippen molar-refractivity contribution in [1.82, 2.24) is 9.97 Å². The van der Waals surface area contributed by atoms with E-state index in [1.165, 1.54) is 0 Å². The quantitative estimate of drug-likeness (QED) is 0.836. The van der Waals surface area contributed by atoms with Crippen LogP contribution >= 0.6 is 15.9 Å². The van der Waals surface area contributed by atoms with Crippen LogP contribution in [0.15, 0.2) is 10.7 Å². The molecular weight excluding hydrogens is 246 g/mol. The number of rotatable bonds is 3. The number of hydrogen-bond donors (Lipinski definition) is 1. The van der Waals surface area contributed by atoms with Gasteiger partial charge in [0.15, 0.2) is 6.10 Å². The molecule has 0 spiro atoms. The highest BCUT2D eigenvalue weighted by Gasteiger charge is 2.07. The molecule has 1 aromatic heterocycles. The van der Waals surface area contributed by atoms with Crippen molar-refractivity contribution in [3.8, 4) is 18.2 Å². The fourth-order valence-corrected chi connectivity index (χ4v) is 1.04. The van der Waals surface area contributed by atoms with E-state index in [2.05, 4.69) is 37.1 Å². The van der Waals surface area contributed by atoms with E-state index in [-0.39, 0.29) is 6.10 Å². The van der Waals surface area contributed by atoms with E-state index < -0.39 is 0 Å².